The number of amides is 1. The third kappa shape index (κ3) is 4.03. The molecule has 134 valence electrons. The van der Waals surface area contributed by atoms with Gasteiger partial charge in [0.15, 0.2) is 12.3 Å². The lowest BCUT2D eigenvalue weighted by Crippen LogP contribution is -2.07. The van der Waals surface area contributed by atoms with Gasteiger partial charge in [-0.1, -0.05) is 30.3 Å². The highest BCUT2D eigenvalue weighted by atomic mass is 16.6. The maximum atomic E-state index is 11.2. The molecule has 6 nitrogen and oxygen atoms in total. The quantitative estimate of drug-likeness (QED) is 0.720. The predicted octanol–water partition coefficient (Wildman–Crippen LogP) is 4.20. The van der Waals surface area contributed by atoms with Crippen molar-refractivity contribution < 1.29 is 18.7 Å². The summed E-state index contributed by atoms with van der Waals surface area (Å²) in [5.41, 5.74) is 3.22. The van der Waals surface area contributed by atoms with Crippen LogP contribution < -0.4 is 14.8 Å². The van der Waals surface area contributed by atoms with E-state index in [1.807, 2.05) is 43.3 Å². The Morgan fingerprint density at radius 2 is 1.96 bits per heavy atom. The molecule has 0 aliphatic heterocycles. The maximum Gasteiger partial charge on any atom is 0.313 e. The van der Waals surface area contributed by atoms with Crippen LogP contribution in [0.1, 0.15) is 18.4 Å². The summed E-state index contributed by atoms with van der Waals surface area (Å²) in [5, 5.41) is 2.77. The van der Waals surface area contributed by atoms with E-state index in [0.29, 0.717) is 23.3 Å². The van der Waals surface area contributed by atoms with Crippen molar-refractivity contribution in [1.82, 2.24) is 4.98 Å². The molecule has 1 aromatic heterocycles. The zero-order valence-corrected chi connectivity index (χ0v) is 14.9. The summed E-state index contributed by atoms with van der Waals surface area (Å²) in [5.74, 6) is 1.33. The highest BCUT2D eigenvalue weighted by Gasteiger charge is 2.16. The van der Waals surface area contributed by atoms with Gasteiger partial charge in [0.1, 0.15) is 5.75 Å². The van der Waals surface area contributed by atoms with E-state index >= 15 is 0 Å². The molecule has 0 saturated carbocycles. The Bertz CT molecular complexity index is 903. The number of methoxy groups -OCH3 is 1. The molecule has 0 saturated heterocycles. The van der Waals surface area contributed by atoms with Crippen LogP contribution in [0.2, 0.25) is 0 Å². The summed E-state index contributed by atoms with van der Waals surface area (Å²) in [7, 11) is 1.54. The number of nitrogens with zero attached hydrogens (tertiary/aromatic N) is 1. The van der Waals surface area contributed by atoms with Crippen LogP contribution in [0.3, 0.4) is 0 Å². The molecule has 3 aromatic rings. The Kier molecular flexibility index (Phi) is 5.22. The lowest BCUT2D eigenvalue weighted by atomic mass is 10.2. The minimum absolute atomic E-state index is 0.109. The van der Waals surface area contributed by atoms with Crippen LogP contribution in [0.4, 0.5) is 5.69 Å². The number of ether oxygens (including phenoxy) is 2. The number of hydrogen-bond donors (Lipinski definition) is 1. The van der Waals surface area contributed by atoms with E-state index in [2.05, 4.69) is 10.3 Å². The SMILES string of the molecule is COc1oc(COc2ccc(NC(C)=O)c(C)c2)nc1-c1ccccc1. The van der Waals surface area contributed by atoms with Gasteiger partial charge in [0, 0.05) is 18.2 Å². The van der Waals surface area contributed by atoms with E-state index in [0.717, 1.165) is 16.8 Å². The normalized spacial score (nSPS) is 10.4. The summed E-state index contributed by atoms with van der Waals surface area (Å²) in [6.45, 7) is 3.55. The van der Waals surface area contributed by atoms with Gasteiger partial charge in [-0.15, -0.1) is 0 Å². The van der Waals surface area contributed by atoms with E-state index in [1.54, 1.807) is 19.2 Å². The first-order valence-corrected chi connectivity index (χ1v) is 8.17. The molecule has 1 heterocycles. The van der Waals surface area contributed by atoms with Gasteiger partial charge in [0.2, 0.25) is 11.8 Å². The smallest absolute Gasteiger partial charge is 0.313 e. The third-order valence-electron chi connectivity index (χ3n) is 3.74. The Labute approximate surface area is 151 Å². The van der Waals surface area contributed by atoms with Gasteiger partial charge < -0.3 is 19.2 Å². The molecular formula is C20H20N2O4. The van der Waals surface area contributed by atoms with Crippen molar-refractivity contribution in [2.75, 3.05) is 12.4 Å². The van der Waals surface area contributed by atoms with Crippen molar-refractivity contribution in [3.8, 4) is 23.0 Å². The second-order valence-corrected chi connectivity index (χ2v) is 5.76. The van der Waals surface area contributed by atoms with Crippen LogP contribution in [0.25, 0.3) is 11.3 Å². The Balaban J connectivity index is 1.73. The lowest BCUT2D eigenvalue weighted by Gasteiger charge is -2.09. The van der Waals surface area contributed by atoms with Gasteiger partial charge in [-0.25, -0.2) is 4.98 Å². The second-order valence-electron chi connectivity index (χ2n) is 5.76. The standard InChI is InChI=1S/C20H20N2O4/c1-13-11-16(9-10-17(13)21-14(2)23)25-12-18-22-19(20(24-3)26-18)15-7-5-4-6-8-15/h4-11H,12H2,1-3H3,(H,21,23). The van der Waals surface area contributed by atoms with Crippen molar-refractivity contribution in [1.29, 1.82) is 0 Å². The molecule has 1 amide bonds. The molecule has 6 heteroatoms. The molecule has 26 heavy (non-hydrogen) atoms. The van der Waals surface area contributed by atoms with E-state index in [-0.39, 0.29) is 12.5 Å². The number of carbonyl (C=O) groups excluding carboxylic acids is 1. The van der Waals surface area contributed by atoms with Gasteiger partial charge in [-0.3, -0.25) is 4.79 Å². The van der Waals surface area contributed by atoms with Crippen LogP contribution in [0, 0.1) is 6.92 Å². The van der Waals surface area contributed by atoms with Crippen LogP contribution in [-0.2, 0) is 11.4 Å². The highest BCUT2D eigenvalue weighted by molar-refractivity contribution is 5.89. The molecule has 0 spiro atoms. The molecule has 2 aromatic carbocycles. The molecule has 0 bridgehead atoms. The zero-order chi connectivity index (χ0) is 18.5. The summed E-state index contributed by atoms with van der Waals surface area (Å²) in [6, 6.07) is 15.1. The molecule has 0 atom stereocenters. The molecule has 0 aliphatic carbocycles. The molecule has 0 aliphatic rings. The van der Waals surface area contributed by atoms with E-state index in [1.165, 1.54) is 6.92 Å². The number of anilines is 1. The molecule has 0 radical (unpaired) electrons. The van der Waals surface area contributed by atoms with Crippen LogP contribution in [0.5, 0.6) is 11.7 Å². The minimum atomic E-state index is -0.109. The van der Waals surface area contributed by atoms with Gasteiger partial charge >= 0.3 is 5.95 Å². The second kappa shape index (κ2) is 7.74. The van der Waals surface area contributed by atoms with E-state index < -0.39 is 0 Å². The number of benzene rings is 2. The molecule has 0 fully saturated rings. The molecule has 3 rings (SSSR count). The van der Waals surface area contributed by atoms with Crippen molar-refractivity contribution in [3.63, 3.8) is 0 Å². The first-order chi connectivity index (χ1) is 12.6. The average molecular weight is 352 g/mol. The number of oxazole rings is 1. The summed E-state index contributed by atoms with van der Waals surface area (Å²) in [6.07, 6.45) is 0. The van der Waals surface area contributed by atoms with Gasteiger partial charge in [-0.2, -0.15) is 0 Å². The maximum absolute atomic E-state index is 11.2. The fraction of sp³-hybridized carbons (Fsp3) is 0.200. The van der Waals surface area contributed by atoms with Gasteiger partial charge in [-0.05, 0) is 30.7 Å². The number of aryl methyl sites for hydroxylation is 1. The Morgan fingerprint density at radius 1 is 1.19 bits per heavy atom. The molecular weight excluding hydrogens is 332 g/mol. The topological polar surface area (TPSA) is 73.6 Å². The number of hydrogen-bond acceptors (Lipinski definition) is 5. The number of nitrogens with one attached hydrogen (secondary N) is 1. The predicted molar refractivity (Wildman–Crippen MR) is 98.3 cm³/mol. The van der Waals surface area contributed by atoms with Gasteiger partial charge in [0.25, 0.3) is 0 Å². The number of aromatic nitrogens is 1. The third-order valence-corrected chi connectivity index (χ3v) is 3.74. The van der Waals surface area contributed by atoms with Crippen molar-refractivity contribution in [3.05, 3.63) is 60.0 Å². The van der Waals surface area contributed by atoms with Gasteiger partial charge in [0.05, 0.1) is 7.11 Å². The van der Waals surface area contributed by atoms with Crippen LogP contribution in [-0.4, -0.2) is 18.0 Å². The van der Waals surface area contributed by atoms with Crippen molar-refractivity contribution in [2.24, 2.45) is 0 Å². The van der Waals surface area contributed by atoms with Crippen molar-refractivity contribution >= 4 is 11.6 Å². The van der Waals surface area contributed by atoms with E-state index in [4.69, 9.17) is 13.9 Å². The summed E-state index contributed by atoms with van der Waals surface area (Å²) < 4.78 is 16.7. The average Bonchev–Trinajstić information content (AvgIpc) is 3.06. The lowest BCUT2D eigenvalue weighted by molar-refractivity contribution is -0.114. The number of rotatable bonds is 6. The minimum Gasteiger partial charge on any atom is -0.484 e. The largest absolute Gasteiger partial charge is 0.484 e. The zero-order valence-electron chi connectivity index (χ0n) is 14.9. The van der Waals surface area contributed by atoms with Crippen LogP contribution >= 0.6 is 0 Å². The Morgan fingerprint density at radius 3 is 2.62 bits per heavy atom. The fourth-order valence-corrected chi connectivity index (χ4v) is 2.53. The monoisotopic (exact) mass is 352 g/mol. The number of carbonyl (C=O) groups is 1. The first kappa shape index (κ1) is 17.5. The van der Waals surface area contributed by atoms with E-state index in [9.17, 15) is 4.79 Å². The molecule has 0 unspecified atom stereocenters. The summed E-state index contributed by atoms with van der Waals surface area (Å²) >= 11 is 0. The molecule has 1 N–H and O–H groups in total. The Hall–Kier alpha value is -3.28. The highest BCUT2D eigenvalue weighted by Crippen LogP contribution is 2.30. The fourth-order valence-electron chi connectivity index (χ4n) is 2.53. The van der Waals surface area contributed by atoms with Crippen LogP contribution in [0.15, 0.2) is 52.9 Å². The first-order valence-electron chi connectivity index (χ1n) is 8.17. The summed E-state index contributed by atoms with van der Waals surface area (Å²) in [4.78, 5) is 15.6. The van der Waals surface area contributed by atoms with Crippen molar-refractivity contribution in [2.45, 2.75) is 20.5 Å².